The fourth-order valence-corrected chi connectivity index (χ4v) is 1.66. The molecule has 1 aromatic rings. The van der Waals surface area contributed by atoms with E-state index >= 15 is 0 Å². The first-order chi connectivity index (χ1) is 8.04. The first-order valence-electron chi connectivity index (χ1n) is 5.31. The smallest absolute Gasteiger partial charge is 0.370 e. The van der Waals surface area contributed by atoms with Crippen LogP contribution in [0.3, 0.4) is 0 Å². The maximum atomic E-state index is 11.2. The van der Waals surface area contributed by atoms with E-state index in [1.165, 1.54) is 7.11 Å². The van der Waals surface area contributed by atoms with Crippen molar-refractivity contribution < 1.29 is 24.0 Å². The second-order valence-corrected chi connectivity index (χ2v) is 3.83. The van der Waals surface area contributed by atoms with Crippen molar-refractivity contribution in [3.8, 4) is 0 Å². The summed E-state index contributed by atoms with van der Waals surface area (Å²) in [6.45, 7) is 1.76. The summed E-state index contributed by atoms with van der Waals surface area (Å²) in [7, 11) is 1.34. The van der Waals surface area contributed by atoms with E-state index in [0.717, 1.165) is 5.69 Å². The van der Waals surface area contributed by atoms with Crippen LogP contribution in [0.25, 0.3) is 0 Å². The first-order valence-corrected chi connectivity index (χ1v) is 5.31. The fraction of sp³-hybridized carbons (Fsp3) is 0.417. The minimum Gasteiger partial charge on any atom is -0.477 e. The molecule has 5 heteroatoms. The lowest BCUT2D eigenvalue weighted by molar-refractivity contribution is -0.694. The van der Waals surface area contributed by atoms with Gasteiger partial charge in [0.2, 0.25) is 6.54 Å². The van der Waals surface area contributed by atoms with Crippen LogP contribution in [0.5, 0.6) is 0 Å². The highest BCUT2D eigenvalue weighted by molar-refractivity contribution is 5.70. The van der Waals surface area contributed by atoms with Crippen LogP contribution < -0.4 is 4.57 Å². The van der Waals surface area contributed by atoms with Gasteiger partial charge >= 0.3 is 11.9 Å². The van der Waals surface area contributed by atoms with E-state index in [2.05, 4.69) is 4.74 Å². The third-order valence-corrected chi connectivity index (χ3v) is 2.49. The van der Waals surface area contributed by atoms with Gasteiger partial charge in [-0.2, -0.15) is 4.57 Å². The molecule has 0 saturated carbocycles. The summed E-state index contributed by atoms with van der Waals surface area (Å²) < 4.78 is 6.22. The molecule has 0 aliphatic carbocycles. The van der Waals surface area contributed by atoms with Gasteiger partial charge in [0.15, 0.2) is 11.9 Å². The third-order valence-electron chi connectivity index (χ3n) is 2.49. The topological polar surface area (TPSA) is 67.5 Å². The van der Waals surface area contributed by atoms with Gasteiger partial charge in [-0.25, -0.2) is 4.79 Å². The molecule has 0 aliphatic heterocycles. The Kier molecular flexibility index (Phi) is 4.63. The maximum Gasteiger partial charge on any atom is 0.370 e. The minimum absolute atomic E-state index is 0.0806. The lowest BCUT2D eigenvalue weighted by Gasteiger charge is -2.08. The summed E-state index contributed by atoms with van der Waals surface area (Å²) in [5.74, 6) is -1.29. The van der Waals surface area contributed by atoms with Crippen LogP contribution in [-0.2, 0) is 20.9 Å². The Hall–Kier alpha value is -1.91. The molecule has 0 amide bonds. The zero-order valence-electron chi connectivity index (χ0n) is 9.92. The molecule has 0 bridgehead atoms. The minimum atomic E-state index is -0.910. The van der Waals surface area contributed by atoms with E-state index < -0.39 is 5.97 Å². The Labute approximate surface area is 99.6 Å². The number of ether oxygens (including phenoxy) is 1. The molecule has 0 spiro atoms. The van der Waals surface area contributed by atoms with E-state index in [1.54, 1.807) is 16.8 Å². The molecule has 0 radical (unpaired) electrons. The molecule has 92 valence electrons. The molecular formula is C12H16NO4+. The predicted molar refractivity (Wildman–Crippen MR) is 59.3 cm³/mol. The van der Waals surface area contributed by atoms with Gasteiger partial charge in [0.05, 0.1) is 19.4 Å². The quantitative estimate of drug-likeness (QED) is 0.606. The predicted octanol–water partition coefficient (Wildman–Crippen LogP) is 0.725. The Bertz CT molecular complexity index is 417. The summed E-state index contributed by atoms with van der Waals surface area (Å²) in [5.41, 5.74) is 0.806. The maximum absolute atomic E-state index is 11.2. The SMILES string of the molecule is COC(=O)CC(C)c1cccc[n+]1CC(=O)O. The lowest BCUT2D eigenvalue weighted by Crippen LogP contribution is -2.42. The van der Waals surface area contributed by atoms with Crippen LogP contribution in [-0.4, -0.2) is 24.2 Å². The Morgan fingerprint density at radius 2 is 2.18 bits per heavy atom. The molecule has 1 unspecified atom stereocenters. The molecule has 5 nitrogen and oxygen atoms in total. The number of aliphatic carboxylic acids is 1. The Morgan fingerprint density at radius 3 is 2.76 bits per heavy atom. The van der Waals surface area contributed by atoms with Gasteiger partial charge in [-0.1, -0.05) is 13.0 Å². The number of nitrogens with zero attached hydrogens (tertiary/aromatic N) is 1. The van der Waals surface area contributed by atoms with Gasteiger partial charge in [0.1, 0.15) is 0 Å². The van der Waals surface area contributed by atoms with Crippen molar-refractivity contribution >= 4 is 11.9 Å². The number of pyridine rings is 1. The zero-order valence-corrected chi connectivity index (χ0v) is 9.92. The molecule has 0 aliphatic rings. The first kappa shape index (κ1) is 13.2. The molecule has 1 rings (SSSR count). The molecule has 1 heterocycles. The van der Waals surface area contributed by atoms with Crippen molar-refractivity contribution in [2.45, 2.75) is 25.8 Å². The number of carbonyl (C=O) groups is 2. The van der Waals surface area contributed by atoms with Crippen LogP contribution in [0.2, 0.25) is 0 Å². The average Bonchev–Trinajstić information content (AvgIpc) is 2.28. The average molecular weight is 238 g/mol. The fourth-order valence-electron chi connectivity index (χ4n) is 1.66. The van der Waals surface area contributed by atoms with Crippen LogP contribution in [0.4, 0.5) is 0 Å². The van der Waals surface area contributed by atoms with Crippen molar-refractivity contribution in [2.75, 3.05) is 7.11 Å². The van der Waals surface area contributed by atoms with E-state index in [1.807, 2.05) is 19.1 Å². The molecule has 0 fully saturated rings. The van der Waals surface area contributed by atoms with Gasteiger partial charge in [0, 0.05) is 12.1 Å². The van der Waals surface area contributed by atoms with Crippen molar-refractivity contribution in [3.63, 3.8) is 0 Å². The third kappa shape index (κ3) is 3.86. The van der Waals surface area contributed by atoms with E-state index in [9.17, 15) is 9.59 Å². The van der Waals surface area contributed by atoms with Crippen molar-refractivity contribution in [3.05, 3.63) is 30.1 Å². The monoisotopic (exact) mass is 238 g/mol. The summed E-state index contributed by atoms with van der Waals surface area (Å²) >= 11 is 0. The number of hydrogen-bond donors (Lipinski definition) is 1. The highest BCUT2D eigenvalue weighted by Gasteiger charge is 2.21. The molecule has 1 aromatic heterocycles. The number of rotatable bonds is 5. The highest BCUT2D eigenvalue weighted by Crippen LogP contribution is 2.15. The van der Waals surface area contributed by atoms with E-state index in [0.29, 0.717) is 0 Å². The largest absolute Gasteiger partial charge is 0.477 e. The molecular weight excluding hydrogens is 222 g/mol. The summed E-state index contributed by atoms with van der Waals surface area (Å²) in [5, 5.41) is 8.79. The van der Waals surface area contributed by atoms with Crippen LogP contribution in [0.1, 0.15) is 25.0 Å². The number of aromatic nitrogens is 1. The normalized spacial score (nSPS) is 11.9. The van der Waals surface area contributed by atoms with E-state index in [-0.39, 0.29) is 24.9 Å². The van der Waals surface area contributed by atoms with Gasteiger partial charge in [-0.15, -0.1) is 0 Å². The van der Waals surface area contributed by atoms with E-state index in [4.69, 9.17) is 5.11 Å². The van der Waals surface area contributed by atoms with Crippen molar-refractivity contribution in [1.29, 1.82) is 0 Å². The van der Waals surface area contributed by atoms with Crippen LogP contribution in [0, 0.1) is 0 Å². The Morgan fingerprint density at radius 1 is 1.47 bits per heavy atom. The zero-order chi connectivity index (χ0) is 12.8. The standard InChI is InChI=1S/C12H15NO4/c1-9(7-12(16)17-2)10-5-3-4-6-13(10)8-11(14)15/h3-6,9H,7-8H2,1-2H3/p+1. The van der Waals surface area contributed by atoms with Gasteiger partial charge in [-0.05, 0) is 0 Å². The lowest BCUT2D eigenvalue weighted by atomic mass is 10.0. The molecule has 0 aromatic carbocycles. The number of hydrogen-bond acceptors (Lipinski definition) is 3. The highest BCUT2D eigenvalue weighted by atomic mass is 16.5. The number of methoxy groups -OCH3 is 1. The number of carboxylic acid groups (broad SMARTS) is 1. The number of carbonyl (C=O) groups excluding carboxylic acids is 1. The van der Waals surface area contributed by atoms with Gasteiger partial charge in [0.25, 0.3) is 0 Å². The second-order valence-electron chi connectivity index (χ2n) is 3.83. The summed E-state index contributed by atoms with van der Waals surface area (Å²) in [6, 6.07) is 5.40. The number of carboxylic acids is 1. The summed E-state index contributed by atoms with van der Waals surface area (Å²) in [4.78, 5) is 21.9. The van der Waals surface area contributed by atoms with Gasteiger partial charge < -0.3 is 9.84 Å². The number of esters is 1. The van der Waals surface area contributed by atoms with Crippen molar-refractivity contribution in [1.82, 2.24) is 0 Å². The molecule has 0 saturated heterocycles. The van der Waals surface area contributed by atoms with Crippen LogP contribution in [0.15, 0.2) is 24.4 Å². The Balaban J connectivity index is 2.88. The van der Waals surface area contributed by atoms with Crippen LogP contribution >= 0.6 is 0 Å². The molecule has 1 atom stereocenters. The van der Waals surface area contributed by atoms with Gasteiger partial charge in [-0.3, -0.25) is 4.79 Å². The second kappa shape index (κ2) is 5.98. The molecule has 17 heavy (non-hydrogen) atoms. The summed E-state index contributed by atoms with van der Waals surface area (Å²) in [6.07, 6.45) is 1.93. The van der Waals surface area contributed by atoms with Crippen molar-refractivity contribution in [2.24, 2.45) is 0 Å². The molecule has 1 N–H and O–H groups in total.